The molecule has 0 aliphatic heterocycles. The molecule has 0 bridgehead atoms. The summed E-state index contributed by atoms with van der Waals surface area (Å²) in [6.45, 7) is 0. The van der Waals surface area contributed by atoms with Crippen LogP contribution in [0.4, 0.5) is 5.69 Å². The summed E-state index contributed by atoms with van der Waals surface area (Å²) in [7, 11) is 0. The Morgan fingerprint density at radius 3 is 2.83 bits per heavy atom. The van der Waals surface area contributed by atoms with Gasteiger partial charge in [0.2, 0.25) is 0 Å². The van der Waals surface area contributed by atoms with Crippen molar-refractivity contribution >= 4 is 54.8 Å². The van der Waals surface area contributed by atoms with E-state index < -0.39 is 0 Å². The van der Waals surface area contributed by atoms with E-state index >= 15 is 0 Å². The average Bonchev–Trinajstić information content (AvgIpc) is 2.74. The third kappa shape index (κ3) is 2.11. The number of nitrogens with two attached hydrogens (primary N) is 1. The highest BCUT2D eigenvalue weighted by Crippen LogP contribution is 2.36. The molecule has 3 rings (SSSR count). The van der Waals surface area contributed by atoms with Crippen LogP contribution in [0.1, 0.15) is 0 Å². The Kier molecular flexibility index (Phi) is 3.01. The van der Waals surface area contributed by atoms with Gasteiger partial charge < -0.3 is 5.73 Å². The monoisotopic (exact) mass is 338 g/mol. The predicted molar refractivity (Wildman–Crippen MR) is 82.2 cm³/mol. The number of rotatable bonds is 1. The number of hydrogen-bond donors (Lipinski definition) is 1. The second kappa shape index (κ2) is 4.53. The van der Waals surface area contributed by atoms with Crippen molar-refractivity contribution in [2.24, 2.45) is 0 Å². The third-order valence-corrected chi connectivity index (χ3v) is 4.45. The normalized spacial score (nSPS) is 11.0. The van der Waals surface area contributed by atoms with Gasteiger partial charge in [0.25, 0.3) is 0 Å². The summed E-state index contributed by atoms with van der Waals surface area (Å²) in [5.41, 5.74) is 8.40. The van der Waals surface area contributed by atoms with Gasteiger partial charge in [0.05, 0.1) is 15.2 Å². The number of halogens is 2. The topological polar surface area (TPSA) is 38.9 Å². The zero-order valence-corrected chi connectivity index (χ0v) is 12.3. The molecule has 1 heterocycles. The first kappa shape index (κ1) is 12.0. The van der Waals surface area contributed by atoms with Crippen LogP contribution in [-0.4, -0.2) is 4.98 Å². The lowest BCUT2D eigenvalue weighted by atomic mass is 10.2. The molecule has 2 aromatic carbocycles. The first-order valence-electron chi connectivity index (χ1n) is 5.25. The highest BCUT2D eigenvalue weighted by molar-refractivity contribution is 9.10. The minimum Gasteiger partial charge on any atom is -0.399 e. The van der Waals surface area contributed by atoms with Crippen molar-refractivity contribution in [2.45, 2.75) is 0 Å². The Labute approximate surface area is 122 Å². The summed E-state index contributed by atoms with van der Waals surface area (Å²) in [5.74, 6) is 0. The van der Waals surface area contributed by atoms with Crippen molar-refractivity contribution in [1.82, 2.24) is 4.98 Å². The Hall–Kier alpha value is -1.10. The summed E-state index contributed by atoms with van der Waals surface area (Å²) in [6, 6.07) is 11.5. The number of nitrogen functional groups attached to an aromatic ring is 1. The first-order valence-corrected chi connectivity index (χ1v) is 7.24. The van der Waals surface area contributed by atoms with Crippen LogP contribution in [0.2, 0.25) is 5.02 Å². The largest absolute Gasteiger partial charge is 0.399 e. The van der Waals surface area contributed by atoms with Crippen molar-refractivity contribution in [3.63, 3.8) is 0 Å². The molecule has 90 valence electrons. The molecular formula is C13H8BrClN2S. The Morgan fingerprint density at radius 2 is 2.00 bits per heavy atom. The molecule has 0 aliphatic carbocycles. The Balaban J connectivity index is 2.22. The standard InChI is InChI=1S/C13H8BrClN2S/c14-7-1-3-10(15)9(5-7)13-17-11-4-2-8(16)6-12(11)18-13/h1-6H,16H2. The van der Waals surface area contributed by atoms with Gasteiger partial charge in [-0.1, -0.05) is 27.5 Å². The summed E-state index contributed by atoms with van der Waals surface area (Å²) in [4.78, 5) is 4.58. The second-order valence-corrected chi connectivity index (χ2v) is 6.22. The van der Waals surface area contributed by atoms with Crippen molar-refractivity contribution in [2.75, 3.05) is 5.73 Å². The molecule has 0 spiro atoms. The number of benzene rings is 2. The number of thiazole rings is 1. The maximum absolute atomic E-state index is 6.21. The molecule has 2 nitrogen and oxygen atoms in total. The molecule has 0 unspecified atom stereocenters. The predicted octanol–water partition coefficient (Wildman–Crippen LogP) is 4.96. The van der Waals surface area contributed by atoms with E-state index in [0.29, 0.717) is 5.02 Å². The molecule has 0 radical (unpaired) electrons. The van der Waals surface area contributed by atoms with Crippen LogP contribution in [-0.2, 0) is 0 Å². The number of fused-ring (bicyclic) bond motifs is 1. The van der Waals surface area contributed by atoms with Crippen molar-refractivity contribution in [3.05, 3.63) is 45.9 Å². The van der Waals surface area contributed by atoms with Gasteiger partial charge in [-0.2, -0.15) is 0 Å². The van der Waals surface area contributed by atoms with E-state index in [1.54, 1.807) is 11.3 Å². The summed E-state index contributed by atoms with van der Waals surface area (Å²) in [6.07, 6.45) is 0. The van der Waals surface area contributed by atoms with E-state index in [1.807, 2.05) is 36.4 Å². The van der Waals surface area contributed by atoms with Crippen molar-refractivity contribution < 1.29 is 0 Å². The lowest BCUT2D eigenvalue weighted by molar-refractivity contribution is 1.47. The molecule has 5 heteroatoms. The molecule has 0 fully saturated rings. The third-order valence-electron chi connectivity index (χ3n) is 2.57. The molecule has 0 amide bonds. The number of anilines is 1. The molecule has 0 aliphatic rings. The van der Waals surface area contributed by atoms with Crippen molar-refractivity contribution in [3.8, 4) is 10.6 Å². The van der Waals surface area contributed by atoms with E-state index in [1.165, 1.54) is 0 Å². The Morgan fingerprint density at radius 1 is 1.17 bits per heavy atom. The maximum atomic E-state index is 6.21. The van der Waals surface area contributed by atoms with Crippen molar-refractivity contribution in [1.29, 1.82) is 0 Å². The zero-order valence-electron chi connectivity index (χ0n) is 9.15. The van der Waals surface area contributed by atoms with Crippen LogP contribution in [0.25, 0.3) is 20.8 Å². The summed E-state index contributed by atoms with van der Waals surface area (Å²) < 4.78 is 2.06. The molecule has 0 saturated heterocycles. The smallest absolute Gasteiger partial charge is 0.126 e. The minimum absolute atomic E-state index is 0.699. The molecule has 0 atom stereocenters. The van der Waals surface area contributed by atoms with Crippen LogP contribution >= 0.6 is 38.9 Å². The van der Waals surface area contributed by atoms with E-state index in [2.05, 4.69) is 20.9 Å². The maximum Gasteiger partial charge on any atom is 0.126 e. The van der Waals surface area contributed by atoms with Gasteiger partial charge >= 0.3 is 0 Å². The number of nitrogens with zero attached hydrogens (tertiary/aromatic N) is 1. The summed E-state index contributed by atoms with van der Waals surface area (Å²) in [5, 5.41) is 1.60. The fourth-order valence-corrected chi connectivity index (χ4v) is 3.39. The van der Waals surface area contributed by atoms with Crippen LogP contribution in [0.3, 0.4) is 0 Å². The van der Waals surface area contributed by atoms with Gasteiger partial charge in [-0.15, -0.1) is 11.3 Å². The van der Waals surface area contributed by atoms with Crippen LogP contribution in [0, 0.1) is 0 Å². The second-order valence-electron chi connectivity index (χ2n) is 3.87. The highest BCUT2D eigenvalue weighted by Gasteiger charge is 2.10. The van der Waals surface area contributed by atoms with E-state index in [-0.39, 0.29) is 0 Å². The molecule has 1 aromatic heterocycles. The lowest BCUT2D eigenvalue weighted by Gasteiger charge is -2.00. The van der Waals surface area contributed by atoms with E-state index in [4.69, 9.17) is 17.3 Å². The average molecular weight is 340 g/mol. The fourth-order valence-electron chi connectivity index (χ4n) is 1.72. The van der Waals surface area contributed by atoms with Gasteiger partial charge in [0, 0.05) is 15.7 Å². The van der Waals surface area contributed by atoms with Gasteiger partial charge in [-0.25, -0.2) is 4.98 Å². The number of aromatic nitrogens is 1. The molecular weight excluding hydrogens is 332 g/mol. The lowest BCUT2D eigenvalue weighted by Crippen LogP contribution is -1.81. The summed E-state index contributed by atoms with van der Waals surface area (Å²) >= 11 is 11.2. The number of hydrogen-bond acceptors (Lipinski definition) is 3. The van der Waals surface area contributed by atoms with Gasteiger partial charge in [-0.3, -0.25) is 0 Å². The van der Waals surface area contributed by atoms with Gasteiger partial charge in [0.1, 0.15) is 5.01 Å². The Bertz CT molecular complexity index is 739. The quantitative estimate of drug-likeness (QED) is 0.636. The molecule has 18 heavy (non-hydrogen) atoms. The van der Waals surface area contributed by atoms with Crippen LogP contribution in [0.5, 0.6) is 0 Å². The SMILES string of the molecule is Nc1ccc2nc(-c3cc(Br)ccc3Cl)sc2c1. The van der Waals surface area contributed by atoms with Crippen LogP contribution < -0.4 is 5.73 Å². The van der Waals surface area contributed by atoms with Gasteiger partial charge in [-0.05, 0) is 36.4 Å². The van der Waals surface area contributed by atoms with E-state index in [0.717, 1.165) is 30.9 Å². The zero-order chi connectivity index (χ0) is 12.7. The molecule has 0 saturated carbocycles. The van der Waals surface area contributed by atoms with Gasteiger partial charge in [0.15, 0.2) is 0 Å². The minimum atomic E-state index is 0.699. The molecule has 3 aromatic rings. The van der Waals surface area contributed by atoms with E-state index in [9.17, 15) is 0 Å². The highest BCUT2D eigenvalue weighted by atomic mass is 79.9. The van der Waals surface area contributed by atoms with Crippen LogP contribution in [0.15, 0.2) is 40.9 Å². The first-order chi connectivity index (χ1) is 8.63. The fraction of sp³-hybridized carbons (Fsp3) is 0. The molecule has 2 N–H and O–H groups in total.